The smallest absolute Gasteiger partial charge is 0.333 e. The van der Waals surface area contributed by atoms with Crippen LogP contribution in [0.5, 0.6) is 5.88 Å². The van der Waals surface area contributed by atoms with Gasteiger partial charge in [0.05, 0.1) is 18.0 Å². The molecule has 5 rings (SSSR count). The van der Waals surface area contributed by atoms with E-state index in [1.54, 1.807) is 0 Å². The van der Waals surface area contributed by atoms with Gasteiger partial charge in [0.2, 0.25) is 5.88 Å². The minimum atomic E-state index is -4.13. The van der Waals surface area contributed by atoms with E-state index >= 15 is 0 Å². The van der Waals surface area contributed by atoms with Crippen molar-refractivity contribution in [3.05, 3.63) is 28.7 Å². The Kier molecular flexibility index (Phi) is 4.49. The van der Waals surface area contributed by atoms with Crippen LogP contribution in [0.15, 0.2) is 11.1 Å². The summed E-state index contributed by atoms with van der Waals surface area (Å²) < 4.78 is 35.1. The first-order chi connectivity index (χ1) is 14.3. The Bertz CT molecular complexity index is 1140. The number of amides is 2. The molecule has 0 spiro atoms. The lowest BCUT2D eigenvalue weighted by Gasteiger charge is -2.22. The van der Waals surface area contributed by atoms with E-state index in [-0.39, 0.29) is 16.9 Å². The molecule has 0 radical (unpaired) electrons. The van der Waals surface area contributed by atoms with Crippen molar-refractivity contribution in [3.63, 3.8) is 0 Å². The number of fused-ring (bicyclic) bond motifs is 3. The Morgan fingerprint density at radius 2 is 2.03 bits per heavy atom. The zero-order chi connectivity index (χ0) is 21.0. The average Bonchev–Trinajstić information content (AvgIpc) is 3.40. The lowest BCUT2D eigenvalue weighted by Crippen LogP contribution is -2.35. The number of aromatic nitrogens is 3. The fraction of sp³-hybridized carbons (Fsp3) is 0.550. The molecule has 2 aromatic heterocycles. The van der Waals surface area contributed by atoms with Gasteiger partial charge in [0.1, 0.15) is 0 Å². The number of carbonyl (C=O) groups is 1. The van der Waals surface area contributed by atoms with Crippen molar-refractivity contribution in [2.24, 2.45) is 0 Å². The number of hydrogen-bond donors (Lipinski definition) is 2. The second kappa shape index (κ2) is 6.97. The number of sulfonamides is 1. The van der Waals surface area contributed by atoms with Crippen molar-refractivity contribution in [2.75, 3.05) is 5.32 Å². The van der Waals surface area contributed by atoms with Crippen LogP contribution in [0.25, 0.3) is 0 Å². The molecule has 2 atom stereocenters. The molecular weight excluding hydrogens is 406 g/mol. The molecule has 9 nitrogen and oxygen atoms in total. The van der Waals surface area contributed by atoms with Crippen LogP contribution in [-0.2, 0) is 35.8 Å². The van der Waals surface area contributed by atoms with E-state index < -0.39 is 16.1 Å². The van der Waals surface area contributed by atoms with Gasteiger partial charge < -0.3 is 10.1 Å². The number of nitrogens with one attached hydrogen (secondary N) is 2. The summed E-state index contributed by atoms with van der Waals surface area (Å²) >= 11 is 0. The fourth-order valence-corrected chi connectivity index (χ4v) is 5.62. The number of nitrogens with zero attached hydrogens (tertiary/aromatic N) is 3. The molecule has 2 aliphatic carbocycles. The van der Waals surface area contributed by atoms with E-state index in [1.165, 1.54) is 10.9 Å². The summed E-state index contributed by atoms with van der Waals surface area (Å²) in [6.07, 6.45) is 6.41. The first-order valence-electron chi connectivity index (χ1n) is 10.4. The summed E-state index contributed by atoms with van der Waals surface area (Å²) in [6.45, 7) is 4.59. The third-order valence-electron chi connectivity index (χ3n) is 6.23. The topological polar surface area (TPSA) is 115 Å². The van der Waals surface area contributed by atoms with Crippen molar-refractivity contribution in [1.82, 2.24) is 19.5 Å². The SMILES string of the molecule is CC1CCn2ncc(S(=O)(=O)NC(=O)Nc3c4c(nc5c3CCC5C)CCC4)c2O1. The minimum Gasteiger partial charge on any atom is -0.474 e. The maximum atomic E-state index is 12.9. The van der Waals surface area contributed by atoms with Gasteiger partial charge in [-0.1, -0.05) is 6.92 Å². The first-order valence-corrected chi connectivity index (χ1v) is 11.9. The van der Waals surface area contributed by atoms with Crippen molar-refractivity contribution in [3.8, 4) is 5.88 Å². The van der Waals surface area contributed by atoms with Crippen LogP contribution in [-0.4, -0.2) is 35.3 Å². The maximum absolute atomic E-state index is 12.9. The summed E-state index contributed by atoms with van der Waals surface area (Å²) in [6, 6.07) is -0.777. The Balaban J connectivity index is 1.42. The molecule has 0 saturated heterocycles. The van der Waals surface area contributed by atoms with Gasteiger partial charge in [0.15, 0.2) is 4.90 Å². The number of ether oxygens (including phenoxy) is 1. The summed E-state index contributed by atoms with van der Waals surface area (Å²) in [5.74, 6) is 0.518. The van der Waals surface area contributed by atoms with Crippen LogP contribution >= 0.6 is 0 Å². The summed E-state index contributed by atoms with van der Waals surface area (Å²) in [5.41, 5.74) is 4.87. The molecule has 0 saturated carbocycles. The third-order valence-corrected chi connectivity index (χ3v) is 7.54. The molecule has 3 heterocycles. The van der Waals surface area contributed by atoms with E-state index in [0.717, 1.165) is 66.7 Å². The largest absolute Gasteiger partial charge is 0.474 e. The van der Waals surface area contributed by atoms with Crippen LogP contribution in [0.3, 0.4) is 0 Å². The van der Waals surface area contributed by atoms with Gasteiger partial charge in [-0.3, -0.25) is 4.98 Å². The average molecular weight is 432 g/mol. The molecule has 2 aromatic rings. The quantitative estimate of drug-likeness (QED) is 0.772. The second-order valence-corrected chi connectivity index (χ2v) is 10.0. The number of urea groups is 1. The zero-order valence-corrected chi connectivity index (χ0v) is 17.9. The number of anilines is 1. The maximum Gasteiger partial charge on any atom is 0.333 e. The van der Waals surface area contributed by atoms with E-state index in [9.17, 15) is 13.2 Å². The standard InChI is InChI=1S/C20H25N5O4S/c1-11-6-7-14-17(11)22-15-5-3-4-13(15)18(14)23-20(26)24-30(27,28)16-10-21-25-9-8-12(2)29-19(16)25/h10-12H,3-9H2,1-2H3,(H2,22,23,24,26). The highest BCUT2D eigenvalue weighted by Gasteiger charge is 2.32. The number of rotatable bonds is 3. The number of hydrogen-bond acceptors (Lipinski definition) is 6. The van der Waals surface area contributed by atoms with Crippen molar-refractivity contribution in [2.45, 2.75) is 75.8 Å². The van der Waals surface area contributed by atoms with Gasteiger partial charge >= 0.3 is 6.03 Å². The Morgan fingerprint density at radius 1 is 1.20 bits per heavy atom. The van der Waals surface area contributed by atoms with E-state index in [4.69, 9.17) is 9.72 Å². The summed E-state index contributed by atoms with van der Waals surface area (Å²) in [5, 5.41) is 6.92. The van der Waals surface area contributed by atoms with Crippen molar-refractivity contribution in [1.29, 1.82) is 0 Å². The van der Waals surface area contributed by atoms with Gasteiger partial charge in [-0.15, -0.1) is 0 Å². The first kappa shape index (κ1) is 19.3. The van der Waals surface area contributed by atoms with Crippen LogP contribution in [0.1, 0.15) is 61.5 Å². The Hall–Kier alpha value is -2.62. The molecule has 30 heavy (non-hydrogen) atoms. The van der Waals surface area contributed by atoms with E-state index in [1.807, 2.05) is 6.92 Å². The third kappa shape index (κ3) is 3.13. The zero-order valence-electron chi connectivity index (χ0n) is 17.1. The highest BCUT2D eigenvalue weighted by atomic mass is 32.2. The van der Waals surface area contributed by atoms with Gasteiger partial charge in [0.25, 0.3) is 10.0 Å². The van der Waals surface area contributed by atoms with Crippen molar-refractivity contribution < 1.29 is 17.9 Å². The van der Waals surface area contributed by atoms with Gasteiger partial charge in [-0.25, -0.2) is 22.6 Å². The predicted molar refractivity (Wildman–Crippen MR) is 109 cm³/mol. The lowest BCUT2D eigenvalue weighted by molar-refractivity contribution is 0.144. The highest BCUT2D eigenvalue weighted by molar-refractivity contribution is 7.90. The summed E-state index contributed by atoms with van der Waals surface area (Å²) in [4.78, 5) is 17.5. The van der Waals surface area contributed by atoms with Crippen LogP contribution in [0.2, 0.25) is 0 Å². The molecule has 10 heteroatoms. The molecule has 0 fully saturated rings. The second-order valence-electron chi connectivity index (χ2n) is 8.38. The van der Waals surface area contributed by atoms with Gasteiger partial charge in [0, 0.05) is 24.4 Å². The molecule has 3 aliphatic rings. The molecule has 2 unspecified atom stereocenters. The predicted octanol–water partition coefficient (Wildman–Crippen LogP) is 2.50. The Morgan fingerprint density at radius 3 is 2.87 bits per heavy atom. The number of pyridine rings is 1. The molecule has 2 N–H and O–H groups in total. The molecule has 1 aliphatic heterocycles. The minimum absolute atomic E-state index is 0.110. The van der Waals surface area contributed by atoms with E-state index in [0.29, 0.717) is 12.5 Å². The number of aryl methyl sites for hydroxylation is 2. The Labute approximate surface area is 175 Å². The van der Waals surface area contributed by atoms with Crippen molar-refractivity contribution >= 4 is 21.7 Å². The van der Waals surface area contributed by atoms with Gasteiger partial charge in [-0.05, 0) is 56.1 Å². The molecule has 2 amide bonds. The fourth-order valence-electron chi connectivity index (χ4n) is 4.64. The van der Waals surface area contributed by atoms with E-state index in [2.05, 4.69) is 22.1 Å². The molecular formula is C20H25N5O4S. The van der Waals surface area contributed by atoms with Crippen LogP contribution in [0, 0.1) is 0 Å². The molecule has 0 aromatic carbocycles. The monoisotopic (exact) mass is 431 g/mol. The number of carbonyl (C=O) groups excluding carboxylic acids is 1. The normalized spacial score (nSPS) is 22.1. The van der Waals surface area contributed by atoms with Crippen LogP contribution < -0.4 is 14.8 Å². The highest BCUT2D eigenvalue weighted by Crippen LogP contribution is 2.41. The van der Waals surface area contributed by atoms with Gasteiger partial charge in [-0.2, -0.15) is 5.10 Å². The molecule has 0 bridgehead atoms. The lowest BCUT2D eigenvalue weighted by atomic mass is 10.0. The van der Waals surface area contributed by atoms with Crippen LogP contribution in [0.4, 0.5) is 10.5 Å². The molecule has 160 valence electrons. The summed E-state index contributed by atoms with van der Waals surface area (Å²) in [7, 11) is -4.13.